The number of aryl methyl sites for hydroxylation is 1. The molecule has 1 heterocycles. The van der Waals surface area contributed by atoms with Gasteiger partial charge in [-0.3, -0.25) is 4.68 Å². The van der Waals surface area contributed by atoms with Crippen molar-refractivity contribution < 1.29 is 4.74 Å². The van der Waals surface area contributed by atoms with Crippen LogP contribution < -0.4 is 10.5 Å². The van der Waals surface area contributed by atoms with E-state index in [2.05, 4.69) is 21.0 Å². The standard InChI is InChI=1S/C12H14BrN3O/c1-9-8-10(13)2-3-11(9)17-7-6-16-5-4-12(14)15-16/h2-5,8H,6-7H2,1H3,(H2,14,15). The van der Waals surface area contributed by atoms with E-state index in [1.54, 1.807) is 10.7 Å². The van der Waals surface area contributed by atoms with Gasteiger partial charge in [-0.25, -0.2) is 0 Å². The molecule has 90 valence electrons. The van der Waals surface area contributed by atoms with Crippen LogP contribution in [0.4, 0.5) is 5.82 Å². The molecule has 0 atom stereocenters. The van der Waals surface area contributed by atoms with Crippen LogP contribution in [-0.2, 0) is 6.54 Å². The summed E-state index contributed by atoms with van der Waals surface area (Å²) in [5, 5.41) is 4.09. The van der Waals surface area contributed by atoms with Crippen molar-refractivity contribution in [3.05, 3.63) is 40.5 Å². The van der Waals surface area contributed by atoms with Crippen LogP contribution in [0.15, 0.2) is 34.9 Å². The topological polar surface area (TPSA) is 53.1 Å². The van der Waals surface area contributed by atoms with E-state index in [0.717, 1.165) is 15.8 Å². The van der Waals surface area contributed by atoms with Crippen molar-refractivity contribution >= 4 is 21.7 Å². The van der Waals surface area contributed by atoms with Crippen molar-refractivity contribution in [1.29, 1.82) is 0 Å². The van der Waals surface area contributed by atoms with Gasteiger partial charge in [-0.1, -0.05) is 15.9 Å². The van der Waals surface area contributed by atoms with Gasteiger partial charge >= 0.3 is 0 Å². The summed E-state index contributed by atoms with van der Waals surface area (Å²) in [5.74, 6) is 1.43. The molecule has 0 saturated carbocycles. The predicted molar refractivity (Wildman–Crippen MR) is 71.0 cm³/mol. The molecule has 4 nitrogen and oxygen atoms in total. The lowest BCUT2D eigenvalue weighted by atomic mass is 10.2. The minimum absolute atomic E-state index is 0.532. The molecule has 0 aliphatic rings. The molecule has 0 spiro atoms. The molecule has 0 amide bonds. The van der Waals surface area contributed by atoms with Crippen molar-refractivity contribution in [1.82, 2.24) is 9.78 Å². The molecule has 0 radical (unpaired) electrons. The van der Waals surface area contributed by atoms with Crippen LogP contribution in [-0.4, -0.2) is 16.4 Å². The molecule has 2 N–H and O–H groups in total. The Hall–Kier alpha value is -1.49. The zero-order chi connectivity index (χ0) is 12.3. The second kappa shape index (κ2) is 5.23. The first-order valence-electron chi connectivity index (χ1n) is 5.33. The molecule has 0 aliphatic carbocycles. The maximum absolute atomic E-state index is 5.68. The number of anilines is 1. The third-order valence-electron chi connectivity index (χ3n) is 2.38. The average molecular weight is 296 g/mol. The average Bonchev–Trinajstić information content (AvgIpc) is 2.68. The monoisotopic (exact) mass is 295 g/mol. The van der Waals surface area contributed by atoms with Crippen molar-refractivity contribution in [3.63, 3.8) is 0 Å². The van der Waals surface area contributed by atoms with E-state index in [1.165, 1.54) is 0 Å². The maximum Gasteiger partial charge on any atom is 0.145 e. The van der Waals surface area contributed by atoms with Gasteiger partial charge in [-0.2, -0.15) is 5.10 Å². The Kier molecular flexibility index (Phi) is 3.68. The first-order valence-corrected chi connectivity index (χ1v) is 6.12. The SMILES string of the molecule is Cc1cc(Br)ccc1OCCn1ccc(N)n1. The molecule has 0 aliphatic heterocycles. The summed E-state index contributed by atoms with van der Waals surface area (Å²) in [6.45, 7) is 3.28. The largest absolute Gasteiger partial charge is 0.491 e. The van der Waals surface area contributed by atoms with Crippen LogP contribution >= 0.6 is 15.9 Å². The molecule has 0 saturated heterocycles. The second-order valence-corrected chi connectivity index (χ2v) is 4.68. The lowest BCUT2D eigenvalue weighted by molar-refractivity contribution is 0.289. The fraction of sp³-hybridized carbons (Fsp3) is 0.250. The smallest absolute Gasteiger partial charge is 0.145 e. The van der Waals surface area contributed by atoms with Gasteiger partial charge in [0.15, 0.2) is 0 Å². The summed E-state index contributed by atoms with van der Waals surface area (Å²) in [7, 11) is 0. The zero-order valence-electron chi connectivity index (χ0n) is 9.56. The van der Waals surface area contributed by atoms with Gasteiger partial charge in [0.1, 0.15) is 18.2 Å². The van der Waals surface area contributed by atoms with E-state index in [0.29, 0.717) is 19.0 Å². The number of nitrogens with two attached hydrogens (primary N) is 1. The minimum atomic E-state index is 0.532. The van der Waals surface area contributed by atoms with E-state index < -0.39 is 0 Å². The number of nitrogens with zero attached hydrogens (tertiary/aromatic N) is 2. The highest BCUT2D eigenvalue weighted by Crippen LogP contribution is 2.22. The molecule has 0 unspecified atom stereocenters. The molecule has 0 fully saturated rings. The molecule has 1 aromatic carbocycles. The molecule has 17 heavy (non-hydrogen) atoms. The van der Waals surface area contributed by atoms with Crippen LogP contribution in [0, 0.1) is 6.92 Å². The fourth-order valence-electron chi connectivity index (χ4n) is 1.53. The summed E-state index contributed by atoms with van der Waals surface area (Å²) >= 11 is 3.42. The Morgan fingerprint density at radius 3 is 2.88 bits per heavy atom. The highest BCUT2D eigenvalue weighted by atomic mass is 79.9. The number of rotatable bonds is 4. The van der Waals surface area contributed by atoms with Gasteiger partial charge in [0.25, 0.3) is 0 Å². The molecule has 2 aromatic rings. The van der Waals surface area contributed by atoms with Crippen LogP contribution in [0.1, 0.15) is 5.56 Å². The Morgan fingerprint density at radius 1 is 1.41 bits per heavy atom. The molecular weight excluding hydrogens is 282 g/mol. The summed E-state index contributed by atoms with van der Waals surface area (Å²) in [6.07, 6.45) is 1.84. The molecule has 2 rings (SSSR count). The van der Waals surface area contributed by atoms with Crippen molar-refractivity contribution in [3.8, 4) is 5.75 Å². The second-order valence-electron chi connectivity index (χ2n) is 3.76. The molecule has 0 bridgehead atoms. The highest BCUT2D eigenvalue weighted by molar-refractivity contribution is 9.10. The third-order valence-corrected chi connectivity index (χ3v) is 2.87. The quantitative estimate of drug-likeness (QED) is 0.943. The zero-order valence-corrected chi connectivity index (χ0v) is 11.1. The number of hydrogen-bond donors (Lipinski definition) is 1. The highest BCUT2D eigenvalue weighted by Gasteiger charge is 2.00. The van der Waals surface area contributed by atoms with E-state index in [4.69, 9.17) is 10.5 Å². The van der Waals surface area contributed by atoms with E-state index in [9.17, 15) is 0 Å². The van der Waals surface area contributed by atoms with E-state index in [-0.39, 0.29) is 0 Å². The van der Waals surface area contributed by atoms with Crippen molar-refractivity contribution in [2.45, 2.75) is 13.5 Å². The molecule has 1 aromatic heterocycles. The summed E-state index contributed by atoms with van der Waals surface area (Å²) in [6, 6.07) is 7.72. The van der Waals surface area contributed by atoms with Gasteiger partial charge in [-0.15, -0.1) is 0 Å². The number of nitrogen functional groups attached to an aromatic ring is 1. The maximum atomic E-state index is 5.68. The van der Waals surface area contributed by atoms with Gasteiger partial charge in [-0.05, 0) is 36.8 Å². The normalized spacial score (nSPS) is 10.5. The Bertz CT molecular complexity index is 510. The van der Waals surface area contributed by atoms with Crippen LogP contribution in [0.5, 0.6) is 5.75 Å². The minimum Gasteiger partial charge on any atom is -0.491 e. The van der Waals surface area contributed by atoms with E-state index >= 15 is 0 Å². The van der Waals surface area contributed by atoms with Crippen LogP contribution in [0.2, 0.25) is 0 Å². The Balaban J connectivity index is 1.90. The number of ether oxygens (including phenoxy) is 1. The van der Waals surface area contributed by atoms with Gasteiger partial charge in [0.2, 0.25) is 0 Å². The Labute approximate surface area is 109 Å². The number of aromatic nitrogens is 2. The molecular formula is C12H14BrN3O. The van der Waals surface area contributed by atoms with Gasteiger partial charge in [0.05, 0.1) is 6.54 Å². The van der Waals surface area contributed by atoms with Crippen molar-refractivity contribution in [2.75, 3.05) is 12.3 Å². The van der Waals surface area contributed by atoms with Crippen LogP contribution in [0.3, 0.4) is 0 Å². The summed E-state index contributed by atoms with van der Waals surface area (Å²) in [4.78, 5) is 0. The van der Waals surface area contributed by atoms with Gasteiger partial charge < -0.3 is 10.5 Å². The third kappa shape index (κ3) is 3.23. The van der Waals surface area contributed by atoms with Crippen molar-refractivity contribution in [2.24, 2.45) is 0 Å². The number of halogens is 1. The van der Waals surface area contributed by atoms with Gasteiger partial charge in [0, 0.05) is 10.7 Å². The van der Waals surface area contributed by atoms with E-state index in [1.807, 2.05) is 31.3 Å². The summed E-state index contributed by atoms with van der Waals surface area (Å²) < 4.78 is 8.51. The first kappa shape index (κ1) is 12.0. The number of benzene rings is 1. The molecule has 5 heteroatoms. The fourth-order valence-corrected chi connectivity index (χ4v) is 2.00. The first-order chi connectivity index (χ1) is 8.15. The summed E-state index contributed by atoms with van der Waals surface area (Å²) in [5.41, 5.74) is 6.63. The lowest BCUT2D eigenvalue weighted by Gasteiger charge is -2.09. The van der Waals surface area contributed by atoms with Crippen LogP contribution in [0.25, 0.3) is 0 Å². The Morgan fingerprint density at radius 2 is 2.24 bits per heavy atom. The number of hydrogen-bond acceptors (Lipinski definition) is 3. The lowest BCUT2D eigenvalue weighted by Crippen LogP contribution is -2.09. The predicted octanol–water partition coefficient (Wildman–Crippen LogP) is 2.62.